The van der Waals surface area contributed by atoms with Crippen molar-refractivity contribution in [3.63, 3.8) is 0 Å². The van der Waals surface area contributed by atoms with Crippen LogP contribution >= 0.6 is 11.8 Å². The van der Waals surface area contributed by atoms with E-state index < -0.39 is 0 Å². The first-order chi connectivity index (χ1) is 9.55. The Morgan fingerprint density at radius 3 is 2.85 bits per heavy atom. The van der Waals surface area contributed by atoms with E-state index in [0.717, 1.165) is 37.2 Å². The number of amides is 1. The van der Waals surface area contributed by atoms with Crippen LogP contribution in [0, 0.1) is 11.3 Å². The molecule has 1 amide bonds. The van der Waals surface area contributed by atoms with E-state index in [-0.39, 0.29) is 5.92 Å². The number of hydrogen-bond acceptors (Lipinski definition) is 3. The molecular formula is C15H21N3OS. The number of rotatable bonds is 2. The third-order valence-electron chi connectivity index (χ3n) is 4.30. The van der Waals surface area contributed by atoms with E-state index in [1.54, 1.807) is 11.8 Å². The highest BCUT2D eigenvalue weighted by molar-refractivity contribution is 8.08. The monoisotopic (exact) mass is 291 g/mol. The van der Waals surface area contributed by atoms with Gasteiger partial charge in [-0.15, -0.1) is 11.8 Å². The molecule has 0 saturated carbocycles. The normalized spacial score (nSPS) is 25.6. The van der Waals surface area contributed by atoms with Crippen LogP contribution < -0.4 is 0 Å². The summed E-state index contributed by atoms with van der Waals surface area (Å²) in [6, 6.07) is 0. The third-order valence-corrected chi connectivity index (χ3v) is 5.51. The van der Waals surface area contributed by atoms with Crippen molar-refractivity contribution in [3.05, 3.63) is 24.0 Å². The van der Waals surface area contributed by atoms with Crippen LogP contribution in [-0.4, -0.2) is 39.8 Å². The molecular weight excluding hydrogens is 270 g/mol. The Balaban J connectivity index is 1.64. The highest BCUT2D eigenvalue weighted by Gasteiger charge is 2.32. The van der Waals surface area contributed by atoms with Gasteiger partial charge in [0.15, 0.2) is 0 Å². The second kappa shape index (κ2) is 5.28. The second-order valence-electron chi connectivity index (χ2n) is 6.42. The number of carbonyl (C=O) groups excluding carboxylic acids is 1. The van der Waals surface area contributed by atoms with Crippen molar-refractivity contribution in [1.29, 1.82) is 0 Å². The van der Waals surface area contributed by atoms with E-state index >= 15 is 0 Å². The van der Waals surface area contributed by atoms with Crippen molar-refractivity contribution in [2.45, 2.75) is 26.7 Å². The van der Waals surface area contributed by atoms with Gasteiger partial charge in [0.1, 0.15) is 0 Å². The van der Waals surface area contributed by atoms with Crippen LogP contribution in [0.5, 0.6) is 0 Å². The molecule has 4 nitrogen and oxygen atoms in total. The summed E-state index contributed by atoms with van der Waals surface area (Å²) in [6.45, 7) is 6.39. The highest BCUT2D eigenvalue weighted by atomic mass is 32.2. The number of hydrogen-bond donors (Lipinski definition) is 1. The van der Waals surface area contributed by atoms with Gasteiger partial charge in [-0.25, -0.2) is 0 Å². The molecule has 1 N–H and O–H groups in total. The van der Waals surface area contributed by atoms with Crippen LogP contribution in [0.3, 0.4) is 0 Å². The Kier molecular flexibility index (Phi) is 3.63. The lowest BCUT2D eigenvalue weighted by molar-refractivity contribution is -0.135. The predicted octanol–water partition coefficient (Wildman–Crippen LogP) is 2.76. The summed E-state index contributed by atoms with van der Waals surface area (Å²) in [4.78, 5) is 15.8. The van der Waals surface area contributed by atoms with Gasteiger partial charge >= 0.3 is 0 Å². The summed E-state index contributed by atoms with van der Waals surface area (Å²) in [6.07, 6.45) is 8.02. The topological polar surface area (TPSA) is 49.0 Å². The van der Waals surface area contributed by atoms with Crippen molar-refractivity contribution in [2.24, 2.45) is 11.3 Å². The van der Waals surface area contributed by atoms with Gasteiger partial charge in [-0.05, 0) is 18.3 Å². The molecule has 2 aliphatic rings. The molecule has 0 aromatic carbocycles. The maximum atomic E-state index is 12.6. The average molecular weight is 291 g/mol. The molecule has 0 bridgehead atoms. The molecule has 0 spiro atoms. The minimum atomic E-state index is 0.0334. The Labute approximate surface area is 124 Å². The Morgan fingerprint density at radius 1 is 1.45 bits per heavy atom. The lowest BCUT2D eigenvalue weighted by Gasteiger charge is -2.37. The number of piperidine rings is 1. The summed E-state index contributed by atoms with van der Waals surface area (Å²) in [7, 11) is 0. The van der Waals surface area contributed by atoms with E-state index in [0.29, 0.717) is 11.3 Å². The van der Waals surface area contributed by atoms with Crippen LogP contribution in [0.25, 0.3) is 4.91 Å². The van der Waals surface area contributed by atoms with Crippen molar-refractivity contribution in [2.75, 3.05) is 18.8 Å². The number of aromatic amines is 1. The van der Waals surface area contributed by atoms with Gasteiger partial charge in [0.2, 0.25) is 5.91 Å². The first kappa shape index (κ1) is 13.7. The molecule has 3 rings (SSSR count). The van der Waals surface area contributed by atoms with Gasteiger partial charge in [0.05, 0.1) is 12.1 Å². The molecule has 3 heterocycles. The molecule has 1 aromatic heterocycles. The molecule has 2 aliphatic heterocycles. The number of aromatic nitrogens is 2. The first-order valence-electron chi connectivity index (χ1n) is 7.18. The maximum Gasteiger partial charge on any atom is 0.230 e. The zero-order valence-electron chi connectivity index (χ0n) is 12.1. The van der Waals surface area contributed by atoms with Gasteiger partial charge in [-0.2, -0.15) is 5.10 Å². The number of nitrogens with one attached hydrogen (secondary N) is 1. The smallest absolute Gasteiger partial charge is 0.230 e. The zero-order valence-corrected chi connectivity index (χ0v) is 12.9. The number of H-pyrrole nitrogens is 1. The fraction of sp³-hybridized carbons (Fsp3) is 0.600. The summed E-state index contributed by atoms with van der Waals surface area (Å²) < 4.78 is 0. The molecule has 5 heteroatoms. The molecule has 20 heavy (non-hydrogen) atoms. The summed E-state index contributed by atoms with van der Waals surface area (Å²) in [5.74, 6) is 1.19. The fourth-order valence-corrected chi connectivity index (χ4v) is 3.87. The molecule has 1 fully saturated rings. The maximum absolute atomic E-state index is 12.6. The van der Waals surface area contributed by atoms with Gasteiger partial charge < -0.3 is 4.90 Å². The van der Waals surface area contributed by atoms with Crippen LogP contribution in [0.1, 0.15) is 32.3 Å². The minimum absolute atomic E-state index is 0.0334. The van der Waals surface area contributed by atoms with Gasteiger partial charge in [-0.1, -0.05) is 19.9 Å². The van der Waals surface area contributed by atoms with E-state index in [4.69, 9.17) is 0 Å². The number of nitrogens with zero attached hydrogens (tertiary/aromatic N) is 2. The highest BCUT2D eigenvalue weighted by Crippen LogP contribution is 2.38. The van der Waals surface area contributed by atoms with Gasteiger partial charge in [-0.3, -0.25) is 9.89 Å². The summed E-state index contributed by atoms with van der Waals surface area (Å²) in [5.41, 5.74) is 1.48. The van der Waals surface area contributed by atoms with Crippen molar-refractivity contribution in [3.8, 4) is 0 Å². The van der Waals surface area contributed by atoms with E-state index in [9.17, 15) is 4.79 Å². The largest absolute Gasteiger partial charge is 0.342 e. The van der Waals surface area contributed by atoms with E-state index in [1.807, 2.05) is 17.3 Å². The number of thioether (sulfide) groups is 1. The quantitative estimate of drug-likeness (QED) is 0.911. The van der Waals surface area contributed by atoms with Crippen molar-refractivity contribution >= 4 is 22.6 Å². The molecule has 0 aliphatic carbocycles. The van der Waals surface area contributed by atoms with Gasteiger partial charge in [0.25, 0.3) is 0 Å². The first-order valence-corrected chi connectivity index (χ1v) is 8.16. The SMILES string of the molecule is CC1(C)CCN(C(=O)C2C=C(c3cn[nH]c3)SC2)CC1. The standard InChI is InChI=1S/C15H21N3OS/c1-15(2)3-5-18(6-4-15)14(19)11-7-13(20-10-11)12-8-16-17-9-12/h7-9,11H,3-6,10H2,1-2H3,(H,16,17). The molecule has 0 radical (unpaired) electrons. The fourth-order valence-electron chi connectivity index (χ4n) is 2.73. The molecule has 1 unspecified atom stereocenters. The van der Waals surface area contributed by atoms with Crippen LogP contribution in [-0.2, 0) is 4.79 Å². The minimum Gasteiger partial charge on any atom is -0.342 e. The second-order valence-corrected chi connectivity index (χ2v) is 7.49. The number of likely N-dealkylation sites (tertiary alicyclic amines) is 1. The van der Waals surface area contributed by atoms with E-state index in [1.165, 1.54) is 4.91 Å². The Hall–Kier alpha value is -1.23. The third kappa shape index (κ3) is 2.77. The Bertz CT molecular complexity index is 511. The number of carbonyl (C=O) groups is 1. The van der Waals surface area contributed by atoms with Crippen molar-refractivity contribution in [1.82, 2.24) is 15.1 Å². The lowest BCUT2D eigenvalue weighted by atomic mass is 9.82. The molecule has 1 saturated heterocycles. The summed E-state index contributed by atoms with van der Waals surface area (Å²) in [5, 5.41) is 6.79. The van der Waals surface area contributed by atoms with E-state index in [2.05, 4.69) is 30.1 Å². The molecule has 1 aromatic rings. The van der Waals surface area contributed by atoms with Gasteiger partial charge in [0, 0.05) is 35.5 Å². The molecule has 1 atom stereocenters. The molecule has 108 valence electrons. The average Bonchev–Trinajstić information content (AvgIpc) is 3.09. The van der Waals surface area contributed by atoms with Crippen molar-refractivity contribution < 1.29 is 4.79 Å². The van der Waals surface area contributed by atoms with Crippen LogP contribution in [0.4, 0.5) is 0 Å². The zero-order chi connectivity index (χ0) is 14.2. The lowest BCUT2D eigenvalue weighted by Crippen LogP contribution is -2.43. The predicted molar refractivity (Wildman–Crippen MR) is 82.1 cm³/mol. The Morgan fingerprint density at radius 2 is 2.20 bits per heavy atom. The summed E-state index contributed by atoms with van der Waals surface area (Å²) >= 11 is 1.75. The van der Waals surface area contributed by atoms with Crippen LogP contribution in [0.15, 0.2) is 18.5 Å². The van der Waals surface area contributed by atoms with Crippen LogP contribution in [0.2, 0.25) is 0 Å².